The molecular weight excluding hydrogens is 352 g/mol. The third-order valence-corrected chi connectivity index (χ3v) is 4.48. The number of benzene rings is 2. The molecule has 6 nitrogen and oxygen atoms in total. The third-order valence-electron chi connectivity index (χ3n) is 3.36. The predicted molar refractivity (Wildman–Crippen MR) is 97.4 cm³/mol. The van der Waals surface area contributed by atoms with Crippen LogP contribution in [0.5, 0.6) is 5.75 Å². The predicted octanol–water partition coefficient (Wildman–Crippen LogP) is 2.63. The Labute approximate surface area is 152 Å². The van der Waals surface area contributed by atoms with Gasteiger partial charge in [-0.25, -0.2) is 8.42 Å². The Bertz CT molecular complexity index is 968. The monoisotopic (exact) mass is 370 g/mol. The Morgan fingerprint density at radius 1 is 1.08 bits per heavy atom. The highest BCUT2D eigenvalue weighted by Gasteiger charge is 2.17. The molecule has 26 heavy (non-hydrogen) atoms. The molecule has 134 valence electrons. The number of ketones is 1. The van der Waals surface area contributed by atoms with Crippen LogP contribution in [0.2, 0.25) is 0 Å². The summed E-state index contributed by atoms with van der Waals surface area (Å²) in [5, 5.41) is 8.84. The number of hydrogen-bond acceptors (Lipinski definition) is 6. The summed E-state index contributed by atoms with van der Waals surface area (Å²) in [6.45, 7) is 0. The quantitative estimate of drug-likeness (QED) is 0.441. The van der Waals surface area contributed by atoms with E-state index < -0.39 is 9.84 Å². The fourth-order valence-electron chi connectivity index (χ4n) is 2.09. The standard InChI is InChI=1S/C19H18N2O4S/c1-21(2)13-18(25-16-8-4-14(12-20)5-9-16)19(22)15-6-10-17(11-7-15)26(3,23)24/h4-11,13H,1-3H3/b18-13-. The topological polar surface area (TPSA) is 87.5 Å². The van der Waals surface area contributed by atoms with Crippen molar-refractivity contribution in [3.8, 4) is 11.8 Å². The molecule has 0 spiro atoms. The zero-order chi connectivity index (χ0) is 19.3. The number of rotatable bonds is 6. The lowest BCUT2D eigenvalue weighted by Gasteiger charge is -2.13. The van der Waals surface area contributed by atoms with Crippen LogP contribution in [0, 0.1) is 11.3 Å². The summed E-state index contributed by atoms with van der Waals surface area (Å²) in [4.78, 5) is 14.6. The maximum Gasteiger partial charge on any atom is 0.229 e. The van der Waals surface area contributed by atoms with Crippen molar-refractivity contribution in [3.63, 3.8) is 0 Å². The van der Waals surface area contributed by atoms with Gasteiger partial charge in [0.05, 0.1) is 16.5 Å². The fourth-order valence-corrected chi connectivity index (χ4v) is 2.72. The molecule has 2 aromatic carbocycles. The summed E-state index contributed by atoms with van der Waals surface area (Å²) < 4.78 is 28.8. The van der Waals surface area contributed by atoms with Gasteiger partial charge in [0.25, 0.3) is 0 Å². The van der Waals surface area contributed by atoms with Gasteiger partial charge in [-0.3, -0.25) is 4.79 Å². The molecule has 2 rings (SSSR count). The van der Waals surface area contributed by atoms with Crippen molar-refractivity contribution >= 4 is 15.6 Å². The highest BCUT2D eigenvalue weighted by Crippen LogP contribution is 2.19. The van der Waals surface area contributed by atoms with Gasteiger partial charge in [-0.2, -0.15) is 5.26 Å². The Balaban J connectivity index is 2.31. The highest BCUT2D eigenvalue weighted by atomic mass is 32.2. The van der Waals surface area contributed by atoms with Crippen molar-refractivity contribution in [3.05, 3.63) is 71.6 Å². The van der Waals surface area contributed by atoms with Gasteiger partial charge in [0.15, 0.2) is 15.6 Å². The summed E-state index contributed by atoms with van der Waals surface area (Å²) in [6, 6.07) is 14.1. The van der Waals surface area contributed by atoms with E-state index in [2.05, 4.69) is 0 Å². The van der Waals surface area contributed by atoms with Crippen LogP contribution in [0.4, 0.5) is 0 Å². The molecule has 7 heteroatoms. The Morgan fingerprint density at radius 3 is 2.12 bits per heavy atom. The summed E-state index contributed by atoms with van der Waals surface area (Å²) in [5.41, 5.74) is 0.789. The van der Waals surface area contributed by atoms with E-state index in [0.29, 0.717) is 16.9 Å². The van der Waals surface area contributed by atoms with E-state index in [1.165, 1.54) is 30.5 Å². The molecule has 0 atom stereocenters. The van der Waals surface area contributed by atoms with Crippen LogP contribution in [-0.4, -0.2) is 39.5 Å². The summed E-state index contributed by atoms with van der Waals surface area (Å²) in [5.74, 6) is 0.105. The number of carbonyl (C=O) groups is 1. The minimum absolute atomic E-state index is 0.0758. The molecule has 0 N–H and O–H groups in total. The van der Waals surface area contributed by atoms with Crippen LogP contribution in [0.15, 0.2) is 65.4 Å². The number of hydrogen-bond donors (Lipinski definition) is 0. The number of carbonyl (C=O) groups excluding carboxylic acids is 1. The molecule has 0 heterocycles. The number of sulfone groups is 1. The van der Waals surface area contributed by atoms with E-state index in [1.807, 2.05) is 6.07 Å². The Morgan fingerprint density at radius 2 is 1.65 bits per heavy atom. The Hall–Kier alpha value is -3.11. The maximum absolute atomic E-state index is 12.7. The van der Waals surface area contributed by atoms with Crippen LogP contribution in [0.25, 0.3) is 0 Å². The van der Waals surface area contributed by atoms with Crippen LogP contribution < -0.4 is 4.74 Å². The van der Waals surface area contributed by atoms with Gasteiger partial charge in [-0.15, -0.1) is 0 Å². The fraction of sp³-hybridized carbons (Fsp3) is 0.158. The number of nitrogens with zero attached hydrogens (tertiary/aromatic N) is 2. The molecule has 0 bridgehead atoms. The van der Waals surface area contributed by atoms with Crippen LogP contribution >= 0.6 is 0 Å². The van der Waals surface area contributed by atoms with Crippen LogP contribution in [0.3, 0.4) is 0 Å². The van der Waals surface area contributed by atoms with Crippen molar-refractivity contribution in [1.29, 1.82) is 5.26 Å². The number of nitriles is 1. The zero-order valence-corrected chi connectivity index (χ0v) is 15.4. The second kappa shape index (κ2) is 7.85. The highest BCUT2D eigenvalue weighted by molar-refractivity contribution is 7.90. The van der Waals surface area contributed by atoms with Gasteiger partial charge in [0, 0.05) is 32.1 Å². The zero-order valence-electron chi connectivity index (χ0n) is 14.6. The molecule has 0 amide bonds. The first-order chi connectivity index (χ1) is 12.2. The summed E-state index contributed by atoms with van der Waals surface area (Å²) in [6.07, 6.45) is 2.64. The van der Waals surface area contributed by atoms with Gasteiger partial charge in [0.2, 0.25) is 5.78 Å². The van der Waals surface area contributed by atoms with Gasteiger partial charge < -0.3 is 9.64 Å². The normalized spacial score (nSPS) is 11.5. The smallest absolute Gasteiger partial charge is 0.229 e. The Kier molecular flexibility index (Phi) is 5.80. The van der Waals surface area contributed by atoms with E-state index in [9.17, 15) is 13.2 Å². The molecule has 0 radical (unpaired) electrons. The third kappa shape index (κ3) is 4.94. The van der Waals surface area contributed by atoms with Crippen molar-refractivity contribution in [2.75, 3.05) is 20.4 Å². The van der Waals surface area contributed by atoms with E-state index in [0.717, 1.165) is 6.26 Å². The van der Waals surface area contributed by atoms with E-state index in [-0.39, 0.29) is 16.4 Å². The number of ether oxygens (including phenoxy) is 1. The van der Waals surface area contributed by atoms with Gasteiger partial charge in [-0.05, 0) is 48.5 Å². The average Bonchev–Trinajstić information content (AvgIpc) is 2.60. The first-order valence-electron chi connectivity index (χ1n) is 7.62. The lowest BCUT2D eigenvalue weighted by atomic mass is 10.1. The molecule has 0 unspecified atom stereocenters. The molecule has 0 fully saturated rings. The lowest BCUT2D eigenvalue weighted by Crippen LogP contribution is -2.14. The van der Waals surface area contributed by atoms with Gasteiger partial charge in [-0.1, -0.05) is 0 Å². The van der Waals surface area contributed by atoms with Crippen molar-refractivity contribution in [1.82, 2.24) is 4.90 Å². The molecular formula is C19H18N2O4S. The molecule has 0 aliphatic heterocycles. The second-order valence-corrected chi connectivity index (χ2v) is 7.84. The summed E-state index contributed by atoms with van der Waals surface area (Å²) >= 11 is 0. The van der Waals surface area contributed by atoms with Gasteiger partial charge in [0.1, 0.15) is 5.75 Å². The van der Waals surface area contributed by atoms with E-state index in [4.69, 9.17) is 10.00 Å². The number of Topliss-reactive ketones (excluding diaryl/α,β-unsaturated/α-hetero) is 1. The number of allylic oxidation sites excluding steroid dienone is 1. The first-order valence-corrected chi connectivity index (χ1v) is 9.51. The SMILES string of the molecule is CN(C)/C=C(\Oc1ccc(C#N)cc1)C(=O)c1ccc(S(C)(=O)=O)cc1. The average molecular weight is 370 g/mol. The molecule has 2 aromatic rings. The van der Waals surface area contributed by atoms with E-state index >= 15 is 0 Å². The van der Waals surface area contributed by atoms with Crippen LogP contribution in [-0.2, 0) is 9.84 Å². The first kappa shape index (κ1) is 19.2. The lowest BCUT2D eigenvalue weighted by molar-refractivity contribution is 0.0982. The molecule has 0 aromatic heterocycles. The minimum Gasteiger partial charge on any atom is -0.452 e. The summed E-state index contributed by atoms with van der Waals surface area (Å²) in [7, 11) is 0.173. The molecule has 0 saturated heterocycles. The van der Waals surface area contributed by atoms with Gasteiger partial charge >= 0.3 is 0 Å². The minimum atomic E-state index is -3.33. The van der Waals surface area contributed by atoms with Crippen LogP contribution in [0.1, 0.15) is 15.9 Å². The van der Waals surface area contributed by atoms with Crippen molar-refractivity contribution < 1.29 is 17.9 Å². The molecule has 0 aliphatic rings. The van der Waals surface area contributed by atoms with Crippen molar-refractivity contribution in [2.45, 2.75) is 4.90 Å². The molecule has 0 aliphatic carbocycles. The second-order valence-electron chi connectivity index (χ2n) is 5.82. The maximum atomic E-state index is 12.7. The molecule has 0 saturated carbocycles. The largest absolute Gasteiger partial charge is 0.452 e. The van der Waals surface area contributed by atoms with E-state index in [1.54, 1.807) is 43.3 Å². The van der Waals surface area contributed by atoms with Crippen molar-refractivity contribution in [2.24, 2.45) is 0 Å².